The Bertz CT molecular complexity index is 549. The van der Waals surface area contributed by atoms with Crippen LogP contribution in [-0.4, -0.2) is 11.5 Å². The summed E-state index contributed by atoms with van der Waals surface area (Å²) in [5, 5.41) is 10.8. The van der Waals surface area contributed by atoms with Crippen molar-refractivity contribution in [3.8, 4) is 0 Å². The van der Waals surface area contributed by atoms with E-state index in [1.807, 2.05) is 72.8 Å². The second kappa shape index (κ2) is 6.50. The molecule has 0 unspecified atom stereocenters. The molecule has 0 fully saturated rings. The zero-order valence-electron chi connectivity index (χ0n) is 10.5. The third-order valence-electron chi connectivity index (χ3n) is 2.89. The van der Waals surface area contributed by atoms with Crippen LogP contribution in [0.3, 0.4) is 0 Å². The summed E-state index contributed by atoms with van der Waals surface area (Å²) in [5.74, 6) is -0.198. The molecule has 2 aromatic carbocycles. The number of nitro groups is 1. The van der Waals surface area contributed by atoms with Gasteiger partial charge in [0.2, 0.25) is 6.54 Å². The van der Waals surface area contributed by atoms with Gasteiger partial charge in [-0.1, -0.05) is 72.8 Å². The van der Waals surface area contributed by atoms with Crippen LogP contribution in [0.2, 0.25) is 0 Å². The minimum atomic E-state index is -0.271. The predicted molar refractivity (Wildman–Crippen MR) is 76.5 cm³/mol. The first-order chi connectivity index (χ1) is 9.25. The van der Waals surface area contributed by atoms with E-state index in [1.54, 1.807) is 0 Å². The van der Waals surface area contributed by atoms with E-state index >= 15 is 0 Å². The Morgan fingerprint density at radius 3 is 2.16 bits per heavy atom. The lowest BCUT2D eigenvalue weighted by molar-refractivity contribution is -0.481. The van der Waals surface area contributed by atoms with E-state index in [2.05, 4.69) is 0 Å². The van der Waals surface area contributed by atoms with Crippen molar-refractivity contribution in [1.82, 2.24) is 0 Å². The molecule has 96 valence electrons. The summed E-state index contributed by atoms with van der Waals surface area (Å²) in [6, 6.07) is 19.4. The van der Waals surface area contributed by atoms with E-state index in [0.29, 0.717) is 0 Å². The highest BCUT2D eigenvalue weighted by molar-refractivity contribution is 5.50. The fourth-order valence-electron chi connectivity index (χ4n) is 1.93. The molecule has 1 atom stereocenters. The molecular formula is C16H15NO2. The highest BCUT2D eigenvalue weighted by Gasteiger charge is 2.13. The quantitative estimate of drug-likeness (QED) is 0.601. The molecule has 0 saturated carbocycles. The molecule has 2 aromatic rings. The fourth-order valence-corrected chi connectivity index (χ4v) is 1.93. The lowest BCUT2D eigenvalue weighted by Gasteiger charge is -2.08. The van der Waals surface area contributed by atoms with Crippen LogP contribution in [0, 0.1) is 10.1 Å². The summed E-state index contributed by atoms with van der Waals surface area (Å²) in [6.45, 7) is -0.0899. The molecular weight excluding hydrogens is 238 g/mol. The second-order valence-corrected chi connectivity index (χ2v) is 4.30. The molecule has 2 rings (SSSR count). The van der Waals surface area contributed by atoms with Gasteiger partial charge in [0.05, 0.1) is 5.92 Å². The average molecular weight is 253 g/mol. The van der Waals surface area contributed by atoms with Crippen LogP contribution in [0.5, 0.6) is 0 Å². The SMILES string of the molecule is O=[N+]([O-])C[C@H](/C=C/c1ccccc1)c1ccccc1. The predicted octanol–water partition coefficient (Wildman–Crippen LogP) is 3.76. The van der Waals surface area contributed by atoms with Crippen LogP contribution in [0.25, 0.3) is 6.08 Å². The van der Waals surface area contributed by atoms with Gasteiger partial charge in [-0.25, -0.2) is 0 Å². The number of hydrogen-bond donors (Lipinski definition) is 0. The normalized spacial score (nSPS) is 12.4. The smallest absolute Gasteiger partial charge is 0.214 e. The van der Waals surface area contributed by atoms with Gasteiger partial charge in [-0.05, 0) is 11.1 Å². The lowest BCUT2D eigenvalue weighted by atomic mass is 9.98. The van der Waals surface area contributed by atoms with Crippen molar-refractivity contribution in [3.63, 3.8) is 0 Å². The van der Waals surface area contributed by atoms with Gasteiger partial charge in [0.25, 0.3) is 0 Å². The summed E-state index contributed by atoms with van der Waals surface area (Å²) < 4.78 is 0. The number of nitrogens with zero attached hydrogens (tertiary/aromatic N) is 1. The number of hydrogen-bond acceptors (Lipinski definition) is 2. The Balaban J connectivity index is 2.19. The molecule has 3 heteroatoms. The molecule has 0 N–H and O–H groups in total. The first-order valence-electron chi connectivity index (χ1n) is 6.16. The molecule has 0 amide bonds. The maximum absolute atomic E-state index is 10.8. The van der Waals surface area contributed by atoms with Gasteiger partial charge in [0, 0.05) is 4.92 Å². The highest BCUT2D eigenvalue weighted by atomic mass is 16.6. The maximum Gasteiger partial charge on any atom is 0.214 e. The number of rotatable bonds is 5. The molecule has 0 heterocycles. The maximum atomic E-state index is 10.8. The van der Waals surface area contributed by atoms with E-state index in [1.165, 1.54) is 0 Å². The summed E-state index contributed by atoms with van der Waals surface area (Å²) in [7, 11) is 0. The Morgan fingerprint density at radius 1 is 1.00 bits per heavy atom. The van der Waals surface area contributed by atoms with E-state index < -0.39 is 0 Å². The second-order valence-electron chi connectivity index (χ2n) is 4.30. The van der Waals surface area contributed by atoms with Crippen molar-refractivity contribution in [3.05, 3.63) is 88.0 Å². The Morgan fingerprint density at radius 2 is 1.58 bits per heavy atom. The first-order valence-corrected chi connectivity index (χ1v) is 6.16. The molecule has 0 aliphatic heterocycles. The summed E-state index contributed by atoms with van der Waals surface area (Å²) in [6.07, 6.45) is 3.83. The van der Waals surface area contributed by atoms with Crippen LogP contribution >= 0.6 is 0 Å². The summed E-state index contributed by atoms with van der Waals surface area (Å²) in [4.78, 5) is 10.5. The average Bonchev–Trinajstić information content (AvgIpc) is 2.45. The van der Waals surface area contributed by atoms with Gasteiger partial charge in [0.15, 0.2) is 0 Å². The lowest BCUT2D eigenvalue weighted by Crippen LogP contribution is -2.10. The standard InChI is InChI=1S/C16H15NO2/c18-17(19)13-16(15-9-5-2-6-10-15)12-11-14-7-3-1-4-8-14/h1-12,16H,13H2/b12-11+/t16-/m0/s1. The molecule has 0 saturated heterocycles. The summed E-state index contributed by atoms with van der Waals surface area (Å²) >= 11 is 0. The van der Waals surface area contributed by atoms with E-state index in [-0.39, 0.29) is 17.4 Å². The molecule has 0 aromatic heterocycles. The van der Waals surface area contributed by atoms with Crippen molar-refractivity contribution in [1.29, 1.82) is 0 Å². The Kier molecular flexibility index (Phi) is 4.45. The van der Waals surface area contributed by atoms with Crippen molar-refractivity contribution in [2.24, 2.45) is 0 Å². The van der Waals surface area contributed by atoms with Crippen LogP contribution in [0.4, 0.5) is 0 Å². The van der Waals surface area contributed by atoms with E-state index in [4.69, 9.17) is 0 Å². The molecule has 0 bridgehead atoms. The van der Waals surface area contributed by atoms with Gasteiger partial charge in [-0.3, -0.25) is 10.1 Å². The minimum absolute atomic E-state index is 0.0899. The molecule has 0 spiro atoms. The molecule has 0 radical (unpaired) electrons. The molecule has 0 aliphatic carbocycles. The third kappa shape index (κ3) is 4.07. The monoisotopic (exact) mass is 253 g/mol. The van der Waals surface area contributed by atoms with Crippen LogP contribution in [0.1, 0.15) is 17.0 Å². The van der Waals surface area contributed by atoms with Crippen LogP contribution in [0.15, 0.2) is 66.7 Å². The van der Waals surface area contributed by atoms with Gasteiger partial charge in [-0.15, -0.1) is 0 Å². The van der Waals surface area contributed by atoms with Crippen molar-refractivity contribution in [2.45, 2.75) is 5.92 Å². The fraction of sp³-hybridized carbons (Fsp3) is 0.125. The topological polar surface area (TPSA) is 43.1 Å². The molecule has 3 nitrogen and oxygen atoms in total. The summed E-state index contributed by atoms with van der Waals surface area (Å²) in [5.41, 5.74) is 2.01. The van der Waals surface area contributed by atoms with Crippen molar-refractivity contribution < 1.29 is 4.92 Å². The zero-order valence-corrected chi connectivity index (χ0v) is 10.5. The Labute approximate surface area is 112 Å². The minimum Gasteiger partial charge on any atom is -0.265 e. The molecule has 19 heavy (non-hydrogen) atoms. The third-order valence-corrected chi connectivity index (χ3v) is 2.89. The highest BCUT2D eigenvalue weighted by Crippen LogP contribution is 2.18. The van der Waals surface area contributed by atoms with Gasteiger partial charge >= 0.3 is 0 Å². The van der Waals surface area contributed by atoms with Crippen molar-refractivity contribution in [2.75, 3.05) is 6.54 Å². The van der Waals surface area contributed by atoms with Crippen LogP contribution < -0.4 is 0 Å². The van der Waals surface area contributed by atoms with Crippen LogP contribution in [-0.2, 0) is 0 Å². The largest absolute Gasteiger partial charge is 0.265 e. The zero-order chi connectivity index (χ0) is 13.5. The Hall–Kier alpha value is -2.42. The number of benzene rings is 2. The van der Waals surface area contributed by atoms with Gasteiger partial charge in [0.1, 0.15) is 0 Å². The van der Waals surface area contributed by atoms with Gasteiger partial charge in [-0.2, -0.15) is 0 Å². The van der Waals surface area contributed by atoms with Gasteiger partial charge < -0.3 is 0 Å². The molecule has 0 aliphatic rings. The first kappa shape index (κ1) is 13.0. The van der Waals surface area contributed by atoms with Crippen molar-refractivity contribution >= 4 is 6.08 Å². The van der Waals surface area contributed by atoms with E-state index in [9.17, 15) is 10.1 Å². The van der Waals surface area contributed by atoms with E-state index in [0.717, 1.165) is 11.1 Å².